The molecule has 0 aliphatic rings. The van der Waals surface area contributed by atoms with Crippen molar-refractivity contribution in [2.45, 2.75) is 97.6 Å². The van der Waals surface area contributed by atoms with Crippen molar-refractivity contribution in [1.29, 1.82) is 5.26 Å². The van der Waals surface area contributed by atoms with Crippen LogP contribution in [0, 0.1) is 18.3 Å². The fourth-order valence-electron chi connectivity index (χ4n) is 2.71. The molecule has 0 saturated heterocycles. The quantitative estimate of drug-likeness (QED) is 0.108. The molecule has 1 radical (unpaired) electrons. The zero-order chi connectivity index (χ0) is 21.0. The van der Waals surface area contributed by atoms with E-state index in [2.05, 4.69) is 45.4 Å². The molecular formula is C21H42N2O2PS2. The van der Waals surface area contributed by atoms with Crippen molar-refractivity contribution in [3.63, 3.8) is 0 Å². The third kappa shape index (κ3) is 16.3. The molecule has 165 valence electrons. The first-order valence-electron chi connectivity index (χ1n) is 10.8. The molecule has 28 heavy (non-hydrogen) atoms. The van der Waals surface area contributed by atoms with E-state index in [4.69, 9.17) is 14.3 Å². The Morgan fingerprint density at radius 2 is 1.39 bits per heavy atom. The molecule has 0 heterocycles. The van der Waals surface area contributed by atoms with Crippen LogP contribution in [0.25, 0.3) is 0 Å². The van der Waals surface area contributed by atoms with Gasteiger partial charge in [-0.3, -0.25) is 0 Å². The van der Waals surface area contributed by atoms with Crippen molar-refractivity contribution in [2.24, 2.45) is 0 Å². The van der Waals surface area contributed by atoms with Gasteiger partial charge in [-0.2, -0.15) is 5.26 Å². The lowest BCUT2D eigenvalue weighted by atomic mass is 10.2. The summed E-state index contributed by atoms with van der Waals surface area (Å²) in [5.74, 6) is 2.52. The zero-order valence-corrected chi connectivity index (χ0v) is 21.1. The second kappa shape index (κ2) is 20.8. The van der Waals surface area contributed by atoms with Crippen LogP contribution in [0.3, 0.4) is 0 Å². The molecule has 0 aliphatic carbocycles. The first kappa shape index (κ1) is 28.5. The lowest BCUT2D eigenvalue weighted by Gasteiger charge is -2.35. The van der Waals surface area contributed by atoms with E-state index in [1.54, 1.807) is 0 Å². The summed E-state index contributed by atoms with van der Waals surface area (Å²) >= 11 is 0. The van der Waals surface area contributed by atoms with Crippen LogP contribution < -0.4 is 0 Å². The first-order chi connectivity index (χ1) is 13.5. The highest BCUT2D eigenvalue weighted by molar-refractivity contribution is 8.76. The maximum absolute atomic E-state index is 8.75. The molecule has 0 bridgehead atoms. The molecule has 0 aromatic carbocycles. The number of unbranched alkanes of at least 4 members (excludes halogenated alkanes) is 6. The monoisotopic (exact) mass is 449 g/mol. The van der Waals surface area contributed by atoms with E-state index in [1.807, 2.05) is 21.6 Å². The predicted molar refractivity (Wildman–Crippen MR) is 128 cm³/mol. The molecule has 0 N–H and O–H groups in total. The van der Waals surface area contributed by atoms with Gasteiger partial charge in [-0.15, -0.1) is 0 Å². The summed E-state index contributed by atoms with van der Waals surface area (Å²) in [7, 11) is 2.96. The highest BCUT2D eigenvalue weighted by atomic mass is 33.1. The van der Waals surface area contributed by atoms with Gasteiger partial charge >= 0.3 is 0 Å². The van der Waals surface area contributed by atoms with E-state index >= 15 is 0 Å². The van der Waals surface area contributed by atoms with Gasteiger partial charge in [-0.1, -0.05) is 60.6 Å². The lowest BCUT2D eigenvalue weighted by molar-refractivity contribution is 0.174. The van der Waals surface area contributed by atoms with Crippen molar-refractivity contribution in [1.82, 2.24) is 4.67 Å². The Kier molecular flexibility index (Phi) is 21.1. The molecule has 0 saturated carbocycles. The van der Waals surface area contributed by atoms with E-state index in [-0.39, 0.29) is 0 Å². The highest BCUT2D eigenvalue weighted by Gasteiger charge is 2.26. The fourth-order valence-corrected chi connectivity index (χ4v) is 6.63. The van der Waals surface area contributed by atoms with Crippen LogP contribution in [-0.2, 0) is 9.05 Å². The van der Waals surface area contributed by atoms with Crippen molar-refractivity contribution in [3.05, 3.63) is 6.92 Å². The Hall–Kier alpha value is 0.500. The lowest BCUT2D eigenvalue weighted by Crippen LogP contribution is -2.33. The van der Waals surface area contributed by atoms with Crippen LogP contribution in [0.1, 0.15) is 85.5 Å². The molecule has 0 aromatic heterocycles. The van der Waals surface area contributed by atoms with Crippen molar-refractivity contribution >= 4 is 30.1 Å². The van der Waals surface area contributed by atoms with Crippen LogP contribution >= 0.6 is 30.1 Å². The third-order valence-corrected chi connectivity index (χ3v) is 8.73. The normalized spacial score (nSPS) is 12.8. The smallest absolute Gasteiger partial charge is 0.259 e. The van der Waals surface area contributed by atoms with E-state index in [9.17, 15) is 0 Å². The third-order valence-electron chi connectivity index (χ3n) is 4.05. The minimum Gasteiger partial charge on any atom is -0.322 e. The van der Waals surface area contributed by atoms with E-state index in [0.717, 1.165) is 19.4 Å². The van der Waals surface area contributed by atoms with E-state index < -0.39 is 8.53 Å². The fraction of sp³-hybridized carbons (Fsp3) is 0.905. The molecule has 0 spiro atoms. The molecule has 0 amide bonds. The average Bonchev–Trinajstić information content (AvgIpc) is 2.64. The van der Waals surface area contributed by atoms with Gasteiger partial charge < -0.3 is 9.05 Å². The van der Waals surface area contributed by atoms with Crippen LogP contribution in [0.15, 0.2) is 0 Å². The van der Waals surface area contributed by atoms with Gasteiger partial charge in [0.05, 0.1) is 25.7 Å². The van der Waals surface area contributed by atoms with Gasteiger partial charge in [0.15, 0.2) is 0 Å². The summed E-state index contributed by atoms with van der Waals surface area (Å²) in [6.07, 6.45) is 10.2. The first-order valence-corrected chi connectivity index (χ1v) is 14.4. The second-order valence-corrected chi connectivity index (χ2v) is 11.5. The molecule has 4 nitrogen and oxygen atoms in total. The topological polar surface area (TPSA) is 45.5 Å². The molecule has 0 fully saturated rings. The van der Waals surface area contributed by atoms with Crippen molar-refractivity contribution in [3.8, 4) is 6.07 Å². The number of hydrogen-bond donors (Lipinski definition) is 0. The number of nitrogens with zero attached hydrogens (tertiary/aromatic N) is 2. The summed E-state index contributed by atoms with van der Waals surface area (Å²) < 4.78 is 14.3. The summed E-state index contributed by atoms with van der Waals surface area (Å²) in [4.78, 5) is 0. The minimum absolute atomic E-state index is 0.362. The predicted octanol–water partition coefficient (Wildman–Crippen LogP) is 7.62. The van der Waals surface area contributed by atoms with Crippen LogP contribution in [0.4, 0.5) is 0 Å². The van der Waals surface area contributed by atoms with Crippen LogP contribution in [0.5, 0.6) is 0 Å². The SMILES string of the molecule is [CH2]CCCCCSSCCCCCCOP(OCCC#N)N(C(C)C)C(C)C. The molecular weight excluding hydrogens is 407 g/mol. The Bertz CT molecular complexity index is 374. The Balaban J connectivity index is 3.82. The van der Waals surface area contributed by atoms with Crippen molar-refractivity contribution in [2.75, 3.05) is 24.7 Å². The Morgan fingerprint density at radius 3 is 1.93 bits per heavy atom. The van der Waals surface area contributed by atoms with Gasteiger partial charge in [0.25, 0.3) is 8.53 Å². The molecule has 0 aliphatic heterocycles. The molecule has 0 aromatic rings. The van der Waals surface area contributed by atoms with Crippen LogP contribution in [0.2, 0.25) is 0 Å². The zero-order valence-electron chi connectivity index (χ0n) is 18.5. The van der Waals surface area contributed by atoms with Gasteiger partial charge in [0.2, 0.25) is 0 Å². The maximum atomic E-state index is 8.75. The van der Waals surface area contributed by atoms with Crippen molar-refractivity contribution < 1.29 is 9.05 Å². The molecule has 1 unspecified atom stereocenters. The number of nitriles is 1. The molecule has 1 atom stereocenters. The molecule has 0 rings (SSSR count). The summed E-state index contributed by atoms with van der Waals surface area (Å²) in [5.41, 5.74) is 0. The Morgan fingerprint density at radius 1 is 0.857 bits per heavy atom. The standard InChI is InChI=1S/C21H42N2O2PS2/c1-6-7-8-12-18-27-28-19-13-10-9-11-16-24-26(25-17-14-15-22)23(20(2)3)21(4)5/h20-21H,1,6-14,16-19H2,2-5H3. The average molecular weight is 450 g/mol. The minimum atomic E-state index is -1.08. The van der Waals surface area contributed by atoms with Gasteiger partial charge in [0, 0.05) is 23.6 Å². The maximum Gasteiger partial charge on any atom is 0.259 e. The summed E-state index contributed by atoms with van der Waals surface area (Å²) in [6, 6.07) is 2.87. The van der Waals surface area contributed by atoms with Gasteiger partial charge in [-0.05, 0) is 47.0 Å². The second-order valence-electron chi connectivity index (χ2n) is 7.35. The summed E-state index contributed by atoms with van der Waals surface area (Å²) in [6.45, 7) is 13.7. The van der Waals surface area contributed by atoms with Crippen LogP contribution in [-0.4, -0.2) is 41.5 Å². The summed E-state index contributed by atoms with van der Waals surface area (Å²) in [5, 5.41) is 8.75. The Labute approximate surface area is 184 Å². The molecule has 7 heteroatoms. The largest absolute Gasteiger partial charge is 0.322 e. The number of hydrogen-bond acceptors (Lipinski definition) is 6. The number of rotatable bonds is 20. The van der Waals surface area contributed by atoms with E-state index in [0.29, 0.717) is 25.1 Å². The van der Waals surface area contributed by atoms with Gasteiger partial charge in [-0.25, -0.2) is 4.67 Å². The highest BCUT2D eigenvalue weighted by Crippen LogP contribution is 2.46. The van der Waals surface area contributed by atoms with E-state index in [1.165, 1.54) is 50.0 Å². The van der Waals surface area contributed by atoms with Gasteiger partial charge in [0.1, 0.15) is 0 Å².